The summed E-state index contributed by atoms with van der Waals surface area (Å²) >= 11 is 3.18. The standard InChI is InChI=1S/C13H15BrN4O2S/c1-9-5-3-6-10-7-4-8-18(11(9)10)21(19,20)13-12(14)15-16-17(13)2/h3,5-6H,4,7-8H2,1-2H3. The van der Waals surface area contributed by atoms with Gasteiger partial charge in [0.05, 0.1) is 5.69 Å². The highest BCUT2D eigenvalue weighted by Crippen LogP contribution is 2.35. The lowest BCUT2D eigenvalue weighted by Crippen LogP contribution is -2.37. The van der Waals surface area contributed by atoms with Crippen molar-refractivity contribution in [3.63, 3.8) is 0 Å². The molecule has 1 aromatic carbocycles. The van der Waals surface area contributed by atoms with E-state index in [1.165, 1.54) is 8.99 Å². The number of anilines is 1. The lowest BCUT2D eigenvalue weighted by molar-refractivity contribution is 0.565. The maximum Gasteiger partial charge on any atom is 0.284 e. The van der Waals surface area contributed by atoms with Crippen LogP contribution in [-0.4, -0.2) is 30.0 Å². The van der Waals surface area contributed by atoms with Gasteiger partial charge in [-0.15, -0.1) is 5.10 Å². The highest BCUT2D eigenvalue weighted by atomic mass is 79.9. The minimum Gasteiger partial charge on any atom is -0.264 e. The molecule has 21 heavy (non-hydrogen) atoms. The summed E-state index contributed by atoms with van der Waals surface area (Å²) in [6.07, 6.45) is 1.70. The molecular formula is C13H15BrN4O2S. The average molecular weight is 371 g/mol. The zero-order chi connectivity index (χ0) is 15.2. The first-order valence-electron chi connectivity index (χ1n) is 6.59. The molecule has 1 aliphatic rings. The SMILES string of the molecule is Cc1cccc2c1N(S(=O)(=O)c1c(Br)nnn1C)CCC2. The zero-order valence-electron chi connectivity index (χ0n) is 11.7. The molecule has 0 fully saturated rings. The van der Waals surface area contributed by atoms with Crippen LogP contribution < -0.4 is 4.31 Å². The summed E-state index contributed by atoms with van der Waals surface area (Å²) in [5.74, 6) is 0. The number of halogens is 1. The van der Waals surface area contributed by atoms with E-state index in [1.807, 2.05) is 25.1 Å². The molecule has 2 aromatic rings. The van der Waals surface area contributed by atoms with Crippen molar-refractivity contribution in [2.75, 3.05) is 10.8 Å². The first-order chi connectivity index (χ1) is 9.93. The number of para-hydroxylation sites is 1. The van der Waals surface area contributed by atoms with Gasteiger partial charge in [0.2, 0.25) is 5.03 Å². The van der Waals surface area contributed by atoms with Gasteiger partial charge in [0, 0.05) is 13.6 Å². The normalized spacial score (nSPS) is 15.1. The quantitative estimate of drug-likeness (QED) is 0.810. The maximum absolute atomic E-state index is 13.0. The molecule has 1 aliphatic heterocycles. The molecule has 0 spiro atoms. The Morgan fingerprint density at radius 1 is 1.33 bits per heavy atom. The predicted octanol–water partition coefficient (Wildman–Crippen LogP) is 2.03. The van der Waals surface area contributed by atoms with Crippen LogP contribution in [0, 0.1) is 6.92 Å². The Hall–Kier alpha value is -1.41. The Morgan fingerprint density at radius 2 is 2.10 bits per heavy atom. The second-order valence-electron chi connectivity index (χ2n) is 5.07. The van der Waals surface area contributed by atoms with Crippen LogP contribution in [0.4, 0.5) is 5.69 Å². The molecule has 0 unspecified atom stereocenters. The van der Waals surface area contributed by atoms with Crippen LogP contribution in [0.1, 0.15) is 17.5 Å². The Kier molecular flexibility index (Phi) is 3.53. The lowest BCUT2D eigenvalue weighted by atomic mass is 10.0. The molecule has 0 atom stereocenters. The molecule has 0 radical (unpaired) electrons. The number of fused-ring (bicyclic) bond motifs is 1. The van der Waals surface area contributed by atoms with E-state index in [2.05, 4.69) is 26.2 Å². The molecule has 0 N–H and O–H groups in total. The van der Waals surface area contributed by atoms with E-state index in [9.17, 15) is 8.42 Å². The first-order valence-corrected chi connectivity index (χ1v) is 8.82. The van der Waals surface area contributed by atoms with E-state index in [1.54, 1.807) is 7.05 Å². The summed E-state index contributed by atoms with van der Waals surface area (Å²) in [5, 5.41) is 7.63. The van der Waals surface area contributed by atoms with E-state index >= 15 is 0 Å². The molecule has 1 aromatic heterocycles. The molecule has 2 heterocycles. The molecule has 6 nitrogen and oxygen atoms in total. The van der Waals surface area contributed by atoms with Crippen molar-refractivity contribution in [2.24, 2.45) is 7.05 Å². The number of rotatable bonds is 2. The number of aryl methyl sites for hydroxylation is 3. The third kappa shape index (κ3) is 2.26. The largest absolute Gasteiger partial charge is 0.284 e. The van der Waals surface area contributed by atoms with Crippen LogP contribution in [0.3, 0.4) is 0 Å². The lowest BCUT2D eigenvalue weighted by Gasteiger charge is -2.31. The average Bonchev–Trinajstić information content (AvgIpc) is 2.78. The third-order valence-corrected chi connectivity index (χ3v) is 6.34. The van der Waals surface area contributed by atoms with Crippen molar-refractivity contribution in [2.45, 2.75) is 24.8 Å². The molecule has 3 rings (SSSR count). The van der Waals surface area contributed by atoms with E-state index in [0.29, 0.717) is 6.54 Å². The number of nitrogens with zero attached hydrogens (tertiary/aromatic N) is 4. The highest BCUT2D eigenvalue weighted by Gasteiger charge is 2.34. The number of hydrogen-bond acceptors (Lipinski definition) is 4. The van der Waals surface area contributed by atoms with E-state index in [4.69, 9.17) is 0 Å². The fraction of sp³-hybridized carbons (Fsp3) is 0.385. The first kappa shape index (κ1) is 14.5. The minimum atomic E-state index is -3.69. The fourth-order valence-corrected chi connectivity index (χ4v) is 5.39. The van der Waals surface area contributed by atoms with Gasteiger partial charge in [0.15, 0.2) is 4.60 Å². The van der Waals surface area contributed by atoms with Gasteiger partial charge in [-0.1, -0.05) is 23.4 Å². The number of hydrogen-bond donors (Lipinski definition) is 0. The monoisotopic (exact) mass is 370 g/mol. The molecule has 0 bridgehead atoms. The second-order valence-corrected chi connectivity index (χ2v) is 7.60. The minimum absolute atomic E-state index is 0.0820. The van der Waals surface area contributed by atoms with Gasteiger partial charge in [-0.25, -0.2) is 4.68 Å². The number of sulfonamides is 1. The summed E-state index contributed by atoms with van der Waals surface area (Å²) in [6.45, 7) is 2.40. The molecule has 0 aliphatic carbocycles. The van der Waals surface area contributed by atoms with E-state index in [-0.39, 0.29) is 9.63 Å². The van der Waals surface area contributed by atoms with Crippen LogP contribution in [0.15, 0.2) is 27.8 Å². The summed E-state index contributed by atoms with van der Waals surface area (Å²) < 4.78 is 29.0. The Bertz CT molecular complexity index is 781. The van der Waals surface area contributed by atoms with Crippen molar-refractivity contribution in [1.29, 1.82) is 0 Å². The van der Waals surface area contributed by atoms with Gasteiger partial charge in [0.1, 0.15) is 0 Å². The molecule has 112 valence electrons. The summed E-state index contributed by atoms with van der Waals surface area (Å²) in [7, 11) is -2.11. The maximum atomic E-state index is 13.0. The van der Waals surface area contributed by atoms with Crippen LogP contribution in [-0.2, 0) is 23.5 Å². The zero-order valence-corrected chi connectivity index (χ0v) is 14.1. The van der Waals surface area contributed by atoms with Gasteiger partial charge in [-0.3, -0.25) is 4.31 Å². The second kappa shape index (κ2) is 5.10. The number of aromatic nitrogens is 3. The van der Waals surface area contributed by atoms with Crippen LogP contribution in [0.5, 0.6) is 0 Å². The summed E-state index contributed by atoms with van der Waals surface area (Å²) in [4.78, 5) is 0. The Balaban J connectivity index is 2.19. The van der Waals surface area contributed by atoms with E-state index in [0.717, 1.165) is 29.7 Å². The molecule has 0 amide bonds. The van der Waals surface area contributed by atoms with Crippen molar-refractivity contribution < 1.29 is 8.42 Å². The van der Waals surface area contributed by atoms with Crippen molar-refractivity contribution in [1.82, 2.24) is 15.0 Å². The number of benzene rings is 1. The van der Waals surface area contributed by atoms with Crippen molar-refractivity contribution in [3.8, 4) is 0 Å². The fourth-order valence-electron chi connectivity index (χ4n) is 2.74. The van der Waals surface area contributed by atoms with Gasteiger partial charge < -0.3 is 0 Å². The summed E-state index contributed by atoms with van der Waals surface area (Å²) in [5.41, 5.74) is 2.81. The summed E-state index contributed by atoms with van der Waals surface area (Å²) in [6, 6.07) is 5.88. The van der Waals surface area contributed by atoms with Crippen LogP contribution in [0.25, 0.3) is 0 Å². The molecular weight excluding hydrogens is 356 g/mol. The highest BCUT2D eigenvalue weighted by molar-refractivity contribution is 9.10. The third-order valence-electron chi connectivity index (χ3n) is 3.65. The van der Waals surface area contributed by atoms with Gasteiger partial charge in [0.25, 0.3) is 10.0 Å². The van der Waals surface area contributed by atoms with Crippen LogP contribution in [0.2, 0.25) is 0 Å². The topological polar surface area (TPSA) is 68.1 Å². The van der Waals surface area contributed by atoms with Crippen molar-refractivity contribution >= 4 is 31.6 Å². The van der Waals surface area contributed by atoms with Gasteiger partial charge >= 0.3 is 0 Å². The predicted molar refractivity (Wildman–Crippen MR) is 82.7 cm³/mol. The molecule has 0 saturated carbocycles. The molecule has 0 saturated heterocycles. The van der Waals surface area contributed by atoms with E-state index < -0.39 is 10.0 Å². The van der Waals surface area contributed by atoms with Gasteiger partial charge in [-0.05, 0) is 46.8 Å². The Labute approximate surface area is 131 Å². The van der Waals surface area contributed by atoms with Crippen LogP contribution >= 0.6 is 15.9 Å². The molecule has 8 heteroatoms. The van der Waals surface area contributed by atoms with Crippen molar-refractivity contribution in [3.05, 3.63) is 33.9 Å². The van der Waals surface area contributed by atoms with Gasteiger partial charge in [-0.2, -0.15) is 8.42 Å². The smallest absolute Gasteiger partial charge is 0.264 e. The Morgan fingerprint density at radius 3 is 2.76 bits per heavy atom.